The van der Waals surface area contributed by atoms with Crippen LogP contribution in [0, 0.1) is 5.92 Å². The minimum absolute atomic E-state index is 0.0382. The molecule has 1 aliphatic rings. The number of nitrogens with zero attached hydrogens (tertiary/aromatic N) is 1. The summed E-state index contributed by atoms with van der Waals surface area (Å²) < 4.78 is 0. The van der Waals surface area contributed by atoms with Gasteiger partial charge in [0, 0.05) is 19.0 Å². The maximum absolute atomic E-state index is 12.1. The van der Waals surface area contributed by atoms with Crippen LogP contribution in [-0.4, -0.2) is 74.8 Å². The SMILES string of the molecule is N[C@@H](CC(=O)O)C(=O)N1CC(CCCB(O)O)[C@](N)(C(=O)O)C1. The Kier molecular flexibility index (Phi) is 6.51. The highest BCUT2D eigenvalue weighted by Crippen LogP contribution is 2.31. The average molecular weight is 331 g/mol. The highest BCUT2D eigenvalue weighted by molar-refractivity contribution is 6.40. The zero-order valence-electron chi connectivity index (χ0n) is 12.6. The van der Waals surface area contributed by atoms with Crippen LogP contribution in [0.4, 0.5) is 0 Å². The molecule has 0 aliphatic carbocycles. The van der Waals surface area contributed by atoms with Crippen LogP contribution < -0.4 is 11.5 Å². The van der Waals surface area contributed by atoms with Crippen molar-refractivity contribution in [1.29, 1.82) is 0 Å². The molecular weight excluding hydrogens is 309 g/mol. The molecule has 0 aromatic rings. The molecule has 1 aliphatic heterocycles. The van der Waals surface area contributed by atoms with Gasteiger partial charge in [-0.2, -0.15) is 0 Å². The predicted octanol–water partition coefficient (Wildman–Crippen LogP) is -2.72. The molecule has 0 spiro atoms. The zero-order chi connectivity index (χ0) is 17.8. The molecule has 130 valence electrons. The minimum atomic E-state index is -1.67. The van der Waals surface area contributed by atoms with Gasteiger partial charge >= 0.3 is 19.1 Å². The third kappa shape index (κ3) is 4.89. The van der Waals surface area contributed by atoms with E-state index < -0.39 is 48.9 Å². The zero-order valence-corrected chi connectivity index (χ0v) is 12.6. The van der Waals surface area contributed by atoms with Crippen molar-refractivity contribution in [3.63, 3.8) is 0 Å². The standard InChI is InChI=1S/C12H22BN3O7/c14-8(4-9(17)18)10(19)16-5-7(2-1-3-13(22)23)12(15,6-16)11(20)21/h7-8,22-23H,1-6,14-15H2,(H,17,18)(H,20,21)/t7?,8-,12-/m0/s1. The first-order valence-electron chi connectivity index (χ1n) is 7.22. The second-order valence-corrected chi connectivity index (χ2v) is 5.88. The minimum Gasteiger partial charge on any atom is -0.481 e. The predicted molar refractivity (Wildman–Crippen MR) is 79.1 cm³/mol. The van der Waals surface area contributed by atoms with Gasteiger partial charge in [-0.05, 0) is 12.7 Å². The van der Waals surface area contributed by atoms with Gasteiger partial charge in [0.1, 0.15) is 5.54 Å². The van der Waals surface area contributed by atoms with Crippen LogP contribution in [0.25, 0.3) is 0 Å². The van der Waals surface area contributed by atoms with E-state index in [0.717, 1.165) is 0 Å². The molecule has 8 N–H and O–H groups in total. The summed E-state index contributed by atoms with van der Waals surface area (Å²) in [6.07, 6.45) is 0.135. The van der Waals surface area contributed by atoms with E-state index in [1.165, 1.54) is 4.90 Å². The first kappa shape index (κ1) is 19.4. The Morgan fingerprint density at radius 3 is 2.39 bits per heavy atom. The number of carbonyl (C=O) groups is 3. The fourth-order valence-electron chi connectivity index (χ4n) is 2.75. The Balaban J connectivity index is 2.77. The van der Waals surface area contributed by atoms with E-state index in [9.17, 15) is 19.5 Å². The van der Waals surface area contributed by atoms with E-state index >= 15 is 0 Å². The highest BCUT2D eigenvalue weighted by atomic mass is 16.4. The monoisotopic (exact) mass is 331 g/mol. The molecule has 0 radical (unpaired) electrons. The molecule has 1 heterocycles. The van der Waals surface area contributed by atoms with Gasteiger partial charge in [-0.15, -0.1) is 0 Å². The summed E-state index contributed by atoms with van der Waals surface area (Å²) in [6.45, 7) is -0.225. The molecule has 1 unspecified atom stereocenters. The van der Waals surface area contributed by atoms with Crippen LogP contribution in [0.5, 0.6) is 0 Å². The number of carboxylic acid groups (broad SMARTS) is 2. The van der Waals surface area contributed by atoms with E-state index in [1.54, 1.807) is 0 Å². The molecule has 0 saturated carbocycles. The second-order valence-electron chi connectivity index (χ2n) is 5.88. The van der Waals surface area contributed by atoms with Crippen molar-refractivity contribution in [2.45, 2.75) is 37.2 Å². The molecule has 23 heavy (non-hydrogen) atoms. The highest BCUT2D eigenvalue weighted by Gasteiger charge is 2.51. The van der Waals surface area contributed by atoms with Crippen molar-refractivity contribution >= 4 is 25.0 Å². The summed E-state index contributed by atoms with van der Waals surface area (Å²) in [5.74, 6) is -3.74. The van der Waals surface area contributed by atoms with Gasteiger partial charge in [-0.25, -0.2) is 0 Å². The fraction of sp³-hybridized carbons (Fsp3) is 0.750. The van der Waals surface area contributed by atoms with Crippen molar-refractivity contribution < 1.29 is 34.6 Å². The number of nitrogens with two attached hydrogens (primary N) is 2. The van der Waals surface area contributed by atoms with Gasteiger partial charge in [0.25, 0.3) is 0 Å². The van der Waals surface area contributed by atoms with E-state index in [4.69, 9.17) is 26.6 Å². The van der Waals surface area contributed by atoms with Crippen LogP contribution in [0.3, 0.4) is 0 Å². The number of hydrogen-bond donors (Lipinski definition) is 6. The molecule has 1 rings (SSSR count). The van der Waals surface area contributed by atoms with E-state index in [1.807, 2.05) is 0 Å². The van der Waals surface area contributed by atoms with E-state index in [0.29, 0.717) is 12.8 Å². The maximum Gasteiger partial charge on any atom is 0.451 e. The van der Waals surface area contributed by atoms with Crippen LogP contribution in [0.2, 0.25) is 6.32 Å². The third-order valence-electron chi connectivity index (χ3n) is 4.06. The van der Waals surface area contributed by atoms with Crippen molar-refractivity contribution in [2.75, 3.05) is 13.1 Å². The smallest absolute Gasteiger partial charge is 0.451 e. The number of likely N-dealkylation sites (tertiary alicyclic amines) is 1. The summed E-state index contributed by atoms with van der Waals surface area (Å²) in [7, 11) is -1.49. The van der Waals surface area contributed by atoms with Crippen molar-refractivity contribution in [3.8, 4) is 0 Å². The summed E-state index contributed by atoms with van der Waals surface area (Å²) in [5, 5.41) is 35.7. The van der Waals surface area contributed by atoms with Crippen molar-refractivity contribution in [2.24, 2.45) is 17.4 Å². The number of amides is 1. The lowest BCUT2D eigenvalue weighted by atomic mass is 9.78. The summed E-state index contributed by atoms with van der Waals surface area (Å²) in [4.78, 5) is 35.4. The Morgan fingerprint density at radius 1 is 1.30 bits per heavy atom. The van der Waals surface area contributed by atoms with Gasteiger partial charge in [0.15, 0.2) is 0 Å². The number of aliphatic carboxylic acids is 2. The van der Waals surface area contributed by atoms with E-state index in [2.05, 4.69) is 0 Å². The summed E-state index contributed by atoms with van der Waals surface area (Å²) >= 11 is 0. The third-order valence-corrected chi connectivity index (χ3v) is 4.06. The molecule has 10 nitrogen and oxygen atoms in total. The van der Waals surface area contributed by atoms with Gasteiger partial charge < -0.3 is 36.6 Å². The number of carbonyl (C=O) groups excluding carboxylic acids is 1. The van der Waals surface area contributed by atoms with Crippen LogP contribution in [-0.2, 0) is 14.4 Å². The molecule has 0 aromatic heterocycles. The first-order chi connectivity index (χ1) is 10.6. The largest absolute Gasteiger partial charge is 0.481 e. The second kappa shape index (κ2) is 7.73. The van der Waals surface area contributed by atoms with Crippen LogP contribution in [0.1, 0.15) is 19.3 Å². The molecule has 1 saturated heterocycles. The van der Waals surface area contributed by atoms with Crippen LogP contribution in [0.15, 0.2) is 0 Å². The summed E-state index contributed by atoms with van der Waals surface area (Å²) in [5.41, 5.74) is 9.77. The van der Waals surface area contributed by atoms with Crippen LogP contribution >= 0.6 is 0 Å². The maximum atomic E-state index is 12.1. The molecule has 0 aromatic carbocycles. The topological polar surface area (TPSA) is 187 Å². The number of hydrogen-bond acceptors (Lipinski definition) is 7. The van der Waals surface area contributed by atoms with Crippen molar-refractivity contribution in [1.82, 2.24) is 4.90 Å². The fourth-order valence-corrected chi connectivity index (χ4v) is 2.75. The normalized spacial score (nSPS) is 25.2. The van der Waals surface area contributed by atoms with Gasteiger partial charge in [0.2, 0.25) is 5.91 Å². The Bertz CT molecular complexity index is 476. The molecular formula is C12H22BN3O7. The molecule has 1 fully saturated rings. The summed E-state index contributed by atoms with van der Waals surface area (Å²) in [6, 6.07) is -1.26. The van der Waals surface area contributed by atoms with Gasteiger partial charge in [-0.1, -0.05) is 6.42 Å². The molecule has 11 heteroatoms. The molecule has 3 atom stereocenters. The van der Waals surface area contributed by atoms with Gasteiger partial charge in [-0.3, -0.25) is 14.4 Å². The lowest BCUT2D eigenvalue weighted by Gasteiger charge is -2.25. The Labute approximate surface area is 133 Å². The lowest BCUT2D eigenvalue weighted by molar-refractivity contribution is -0.145. The Morgan fingerprint density at radius 2 is 1.91 bits per heavy atom. The lowest BCUT2D eigenvalue weighted by Crippen LogP contribution is -2.55. The number of rotatable bonds is 8. The van der Waals surface area contributed by atoms with Gasteiger partial charge in [0.05, 0.1) is 12.5 Å². The molecule has 0 bridgehead atoms. The Hall–Kier alpha value is -1.69. The average Bonchev–Trinajstić information content (AvgIpc) is 2.75. The van der Waals surface area contributed by atoms with E-state index in [-0.39, 0.29) is 19.4 Å². The molecule has 1 amide bonds. The quantitative estimate of drug-likeness (QED) is 0.257. The number of carboxylic acids is 2. The first-order valence-corrected chi connectivity index (χ1v) is 7.22. The van der Waals surface area contributed by atoms with Crippen molar-refractivity contribution in [3.05, 3.63) is 0 Å².